The first-order chi connectivity index (χ1) is 15.3. The van der Waals surface area contributed by atoms with Gasteiger partial charge in [0.05, 0.1) is 39.9 Å². The van der Waals surface area contributed by atoms with Gasteiger partial charge in [-0.25, -0.2) is 8.42 Å². The molecule has 0 aromatic heterocycles. The van der Waals surface area contributed by atoms with Crippen molar-refractivity contribution >= 4 is 39.1 Å². The molecule has 1 saturated heterocycles. The van der Waals surface area contributed by atoms with Gasteiger partial charge in [-0.05, 0) is 44.2 Å². The molecule has 0 spiro atoms. The molecule has 32 heavy (non-hydrogen) atoms. The lowest BCUT2D eigenvalue weighted by Crippen LogP contribution is -2.40. The fraction of sp³-hybridized carbons (Fsp3) is 0.364. The number of rotatable bonds is 7. The lowest BCUT2D eigenvalue weighted by molar-refractivity contribution is 0.0730. The molecule has 172 valence electrons. The molecule has 1 N–H and O–H groups in total. The van der Waals surface area contributed by atoms with Crippen LogP contribution in [0, 0.1) is 0 Å². The number of amides is 2. The van der Waals surface area contributed by atoms with E-state index in [9.17, 15) is 18.0 Å². The Morgan fingerprint density at radius 2 is 1.72 bits per heavy atom. The van der Waals surface area contributed by atoms with E-state index in [2.05, 4.69) is 5.32 Å². The average molecular weight is 480 g/mol. The first-order valence-corrected chi connectivity index (χ1v) is 12.2. The number of nitrogens with one attached hydrogen (secondary N) is 1. The highest BCUT2D eigenvalue weighted by molar-refractivity contribution is 7.89. The second kappa shape index (κ2) is 10.4. The van der Waals surface area contributed by atoms with E-state index in [1.54, 1.807) is 29.2 Å². The van der Waals surface area contributed by atoms with E-state index in [4.69, 9.17) is 16.3 Å². The largest absolute Gasteiger partial charge is 0.379 e. The SMILES string of the molecule is CCN(CC)C(=O)c1ccccc1NC(=O)c1cc(S(=O)(=O)N2CCOCC2)ccc1Cl. The molecule has 8 nitrogen and oxygen atoms in total. The average Bonchev–Trinajstić information content (AvgIpc) is 2.80. The molecular weight excluding hydrogens is 454 g/mol. The van der Waals surface area contributed by atoms with Crippen LogP contribution in [0.3, 0.4) is 0 Å². The van der Waals surface area contributed by atoms with E-state index < -0.39 is 15.9 Å². The van der Waals surface area contributed by atoms with Gasteiger partial charge in [0.25, 0.3) is 11.8 Å². The molecule has 2 aromatic rings. The Morgan fingerprint density at radius 1 is 1.06 bits per heavy atom. The van der Waals surface area contributed by atoms with Crippen LogP contribution in [0.15, 0.2) is 47.4 Å². The number of para-hydroxylation sites is 1. The van der Waals surface area contributed by atoms with Crippen molar-refractivity contribution in [2.75, 3.05) is 44.7 Å². The fourth-order valence-electron chi connectivity index (χ4n) is 3.42. The van der Waals surface area contributed by atoms with Crippen LogP contribution in [0.2, 0.25) is 5.02 Å². The second-order valence-electron chi connectivity index (χ2n) is 7.14. The maximum atomic E-state index is 13.0. The van der Waals surface area contributed by atoms with E-state index in [1.807, 2.05) is 13.8 Å². The van der Waals surface area contributed by atoms with Gasteiger partial charge in [0.1, 0.15) is 0 Å². The van der Waals surface area contributed by atoms with Gasteiger partial charge in [0, 0.05) is 26.2 Å². The summed E-state index contributed by atoms with van der Waals surface area (Å²) in [6, 6.07) is 10.7. The van der Waals surface area contributed by atoms with Gasteiger partial charge in [-0.2, -0.15) is 4.31 Å². The van der Waals surface area contributed by atoms with Crippen molar-refractivity contribution in [3.63, 3.8) is 0 Å². The summed E-state index contributed by atoms with van der Waals surface area (Å²) in [6.45, 7) is 5.94. The van der Waals surface area contributed by atoms with Gasteiger partial charge in [-0.1, -0.05) is 23.7 Å². The topological polar surface area (TPSA) is 96.0 Å². The second-order valence-corrected chi connectivity index (χ2v) is 9.48. The van der Waals surface area contributed by atoms with Gasteiger partial charge < -0.3 is 15.0 Å². The van der Waals surface area contributed by atoms with Crippen molar-refractivity contribution in [2.45, 2.75) is 18.7 Å². The van der Waals surface area contributed by atoms with Gasteiger partial charge >= 0.3 is 0 Å². The van der Waals surface area contributed by atoms with Crippen molar-refractivity contribution in [3.8, 4) is 0 Å². The number of sulfonamides is 1. The maximum Gasteiger partial charge on any atom is 0.257 e. The van der Waals surface area contributed by atoms with Crippen LogP contribution < -0.4 is 5.32 Å². The van der Waals surface area contributed by atoms with Gasteiger partial charge in [0.2, 0.25) is 10.0 Å². The minimum absolute atomic E-state index is 0.00564. The predicted octanol–water partition coefficient (Wildman–Crippen LogP) is 3.10. The van der Waals surface area contributed by atoms with E-state index >= 15 is 0 Å². The van der Waals surface area contributed by atoms with E-state index in [0.29, 0.717) is 37.6 Å². The minimum Gasteiger partial charge on any atom is -0.379 e. The van der Waals surface area contributed by atoms with Crippen LogP contribution >= 0.6 is 11.6 Å². The van der Waals surface area contributed by atoms with E-state index in [0.717, 1.165) is 0 Å². The summed E-state index contributed by atoms with van der Waals surface area (Å²) in [7, 11) is -3.79. The van der Waals surface area contributed by atoms with Crippen LogP contribution in [0.5, 0.6) is 0 Å². The minimum atomic E-state index is -3.79. The molecule has 3 rings (SSSR count). The molecule has 0 aliphatic carbocycles. The van der Waals surface area contributed by atoms with Crippen molar-refractivity contribution in [1.82, 2.24) is 9.21 Å². The molecule has 0 unspecified atom stereocenters. The Kier molecular flexibility index (Phi) is 7.89. The van der Waals surface area contributed by atoms with Gasteiger partial charge in [-0.15, -0.1) is 0 Å². The molecule has 1 aliphatic heterocycles. The molecule has 0 saturated carbocycles. The monoisotopic (exact) mass is 479 g/mol. The number of halogens is 1. The lowest BCUT2D eigenvalue weighted by Gasteiger charge is -2.26. The lowest BCUT2D eigenvalue weighted by atomic mass is 10.1. The van der Waals surface area contributed by atoms with Crippen LogP contribution in [0.1, 0.15) is 34.6 Å². The smallest absolute Gasteiger partial charge is 0.257 e. The standard InChI is InChI=1S/C22H26ClN3O5S/c1-3-25(4-2)22(28)17-7-5-6-8-20(17)24-21(27)18-15-16(9-10-19(18)23)32(29,30)26-11-13-31-14-12-26/h5-10,15H,3-4,11-14H2,1-2H3,(H,24,27). The van der Waals surface area contributed by atoms with E-state index in [-0.39, 0.29) is 34.5 Å². The van der Waals surface area contributed by atoms with Crippen molar-refractivity contribution in [1.29, 1.82) is 0 Å². The van der Waals surface area contributed by atoms with E-state index in [1.165, 1.54) is 22.5 Å². The predicted molar refractivity (Wildman–Crippen MR) is 123 cm³/mol. The first-order valence-electron chi connectivity index (χ1n) is 10.4. The third-order valence-corrected chi connectivity index (χ3v) is 7.47. The Hall–Kier alpha value is -2.46. The highest BCUT2D eigenvalue weighted by Crippen LogP contribution is 2.25. The third kappa shape index (κ3) is 5.12. The highest BCUT2D eigenvalue weighted by atomic mass is 35.5. The number of anilines is 1. The van der Waals surface area contributed by atoms with Crippen LogP contribution in [0.25, 0.3) is 0 Å². The zero-order valence-corrected chi connectivity index (χ0v) is 19.6. The zero-order chi connectivity index (χ0) is 23.3. The van der Waals surface area contributed by atoms with Crippen LogP contribution in [-0.2, 0) is 14.8 Å². The van der Waals surface area contributed by atoms with Crippen LogP contribution in [-0.4, -0.2) is 68.8 Å². The Morgan fingerprint density at radius 3 is 2.38 bits per heavy atom. The summed E-state index contributed by atoms with van der Waals surface area (Å²) in [5.74, 6) is -0.811. The first kappa shape index (κ1) is 24.2. The number of benzene rings is 2. The normalized spacial score (nSPS) is 14.7. The summed E-state index contributed by atoms with van der Waals surface area (Å²) < 4.78 is 32.5. The molecule has 0 atom stereocenters. The number of hydrogen-bond donors (Lipinski definition) is 1. The number of carbonyl (C=O) groups excluding carboxylic acids is 2. The maximum absolute atomic E-state index is 13.0. The summed E-state index contributed by atoms with van der Waals surface area (Å²) in [5.41, 5.74) is 0.677. The Balaban J connectivity index is 1.90. The Bertz CT molecular complexity index is 1100. The highest BCUT2D eigenvalue weighted by Gasteiger charge is 2.28. The molecule has 0 radical (unpaired) electrons. The third-order valence-electron chi connectivity index (χ3n) is 5.25. The van der Waals surface area contributed by atoms with Crippen molar-refractivity contribution in [3.05, 3.63) is 58.6 Å². The summed E-state index contributed by atoms with van der Waals surface area (Å²) >= 11 is 6.23. The van der Waals surface area contributed by atoms with Crippen molar-refractivity contribution in [2.24, 2.45) is 0 Å². The fourth-order valence-corrected chi connectivity index (χ4v) is 5.06. The van der Waals surface area contributed by atoms with Crippen molar-refractivity contribution < 1.29 is 22.7 Å². The molecule has 1 aliphatic rings. The quantitative estimate of drug-likeness (QED) is 0.658. The number of carbonyl (C=O) groups is 2. The molecule has 0 bridgehead atoms. The molecular formula is C22H26ClN3O5S. The summed E-state index contributed by atoms with van der Waals surface area (Å²) in [4.78, 5) is 27.5. The molecule has 1 heterocycles. The number of nitrogens with zero attached hydrogens (tertiary/aromatic N) is 2. The van der Waals surface area contributed by atoms with Gasteiger partial charge in [0.15, 0.2) is 0 Å². The number of morpholine rings is 1. The van der Waals surface area contributed by atoms with Crippen LogP contribution in [0.4, 0.5) is 5.69 Å². The zero-order valence-electron chi connectivity index (χ0n) is 18.0. The Labute approximate surface area is 193 Å². The molecule has 2 amide bonds. The summed E-state index contributed by atoms with van der Waals surface area (Å²) in [6.07, 6.45) is 0. The number of hydrogen-bond acceptors (Lipinski definition) is 5. The number of ether oxygens (including phenoxy) is 1. The molecule has 2 aromatic carbocycles. The summed E-state index contributed by atoms with van der Waals surface area (Å²) in [5, 5.41) is 2.82. The molecule has 1 fully saturated rings. The molecule has 10 heteroatoms. The van der Waals surface area contributed by atoms with Gasteiger partial charge in [-0.3, -0.25) is 9.59 Å².